The summed E-state index contributed by atoms with van der Waals surface area (Å²) in [6, 6.07) is 51.5. The average Bonchev–Trinajstić information content (AvgIpc) is 3.81. The van der Waals surface area contributed by atoms with Crippen LogP contribution in [0.1, 0.15) is 101 Å². The number of benzene rings is 8. The van der Waals surface area contributed by atoms with Gasteiger partial charge in [0.05, 0.1) is 0 Å². The van der Waals surface area contributed by atoms with Gasteiger partial charge in [0, 0.05) is 60.8 Å². The van der Waals surface area contributed by atoms with Gasteiger partial charge in [0.1, 0.15) is 11.2 Å². The zero-order valence-electron chi connectivity index (χ0n) is 42.1. The molecule has 0 unspecified atom stereocenters. The standard InChI is InChI=1S/C64H61BN2O/c1-36-18-16-19-37(2)56(36)40-24-27-52-47(28-40)48-29-41(57-38(3)20-17-21-39(57)4)30-50-58-59-54(35-49-46-22-14-15-23-55(46)68-61(49)58)66(45-32-43(63(8,9)10)31-44(33-45)64(11,12)13)53-34-42(62(5,6)7)25-26-51(53)65(59)67(52)60(48)50/h14-35H,1-13H3. The van der Waals surface area contributed by atoms with E-state index >= 15 is 0 Å². The first-order valence-corrected chi connectivity index (χ1v) is 24.6. The van der Waals surface area contributed by atoms with Gasteiger partial charge in [-0.15, -0.1) is 0 Å². The van der Waals surface area contributed by atoms with Gasteiger partial charge in [-0.2, -0.15) is 0 Å². The molecule has 0 saturated carbocycles. The van der Waals surface area contributed by atoms with Crippen LogP contribution in [0.5, 0.6) is 0 Å². The summed E-state index contributed by atoms with van der Waals surface area (Å²) in [7, 11) is 0. The van der Waals surface area contributed by atoms with Crippen LogP contribution in [0.15, 0.2) is 138 Å². The normalized spacial score (nSPS) is 13.6. The van der Waals surface area contributed by atoms with Gasteiger partial charge in [-0.25, -0.2) is 0 Å². The van der Waals surface area contributed by atoms with E-state index in [0.717, 1.165) is 21.9 Å². The minimum atomic E-state index is -0.129. The highest BCUT2D eigenvalue weighted by atomic mass is 16.3. The molecule has 68 heavy (non-hydrogen) atoms. The number of aromatic nitrogens is 1. The maximum absolute atomic E-state index is 7.23. The quantitative estimate of drug-likeness (QED) is 0.165. The number of rotatable bonds is 3. The van der Waals surface area contributed by atoms with Crippen molar-refractivity contribution in [3.05, 3.63) is 172 Å². The lowest BCUT2D eigenvalue weighted by atomic mass is 9.44. The average molecular weight is 885 g/mol. The van der Waals surface area contributed by atoms with E-state index in [1.165, 1.54) is 122 Å². The molecule has 0 radical (unpaired) electrons. The van der Waals surface area contributed by atoms with Gasteiger partial charge in [0.15, 0.2) is 0 Å². The molecular formula is C64H61BN2O. The Morgan fingerprint density at radius 2 is 1.06 bits per heavy atom. The van der Waals surface area contributed by atoms with Crippen molar-refractivity contribution in [3.8, 4) is 33.4 Å². The van der Waals surface area contributed by atoms with Crippen molar-refractivity contribution in [2.24, 2.45) is 0 Å². The molecule has 0 bridgehead atoms. The van der Waals surface area contributed by atoms with Crippen LogP contribution in [0.25, 0.3) is 77.1 Å². The fourth-order valence-electron chi connectivity index (χ4n) is 11.9. The van der Waals surface area contributed by atoms with E-state index in [4.69, 9.17) is 4.42 Å². The highest BCUT2D eigenvalue weighted by Crippen LogP contribution is 2.52. The van der Waals surface area contributed by atoms with Crippen LogP contribution in [-0.2, 0) is 16.2 Å². The van der Waals surface area contributed by atoms with Crippen molar-refractivity contribution in [2.75, 3.05) is 4.90 Å². The van der Waals surface area contributed by atoms with Crippen molar-refractivity contribution >= 4 is 78.6 Å². The molecule has 0 atom stereocenters. The maximum atomic E-state index is 7.23. The second kappa shape index (κ2) is 14.4. The third kappa shape index (κ3) is 6.18. The molecule has 2 aliphatic rings. The monoisotopic (exact) mass is 884 g/mol. The van der Waals surface area contributed by atoms with E-state index < -0.39 is 0 Å². The van der Waals surface area contributed by atoms with E-state index in [0.29, 0.717) is 0 Å². The highest BCUT2D eigenvalue weighted by molar-refractivity contribution is 6.90. The Morgan fingerprint density at radius 3 is 1.69 bits per heavy atom. The van der Waals surface area contributed by atoms with E-state index in [-0.39, 0.29) is 23.1 Å². The zero-order valence-corrected chi connectivity index (χ0v) is 42.1. The Bertz CT molecular complexity index is 3730. The van der Waals surface area contributed by atoms with Crippen molar-refractivity contribution in [3.63, 3.8) is 0 Å². The number of fused-ring (bicyclic) bond motifs is 11. The number of anilines is 3. The van der Waals surface area contributed by atoms with Gasteiger partial charge >= 0.3 is 6.85 Å². The summed E-state index contributed by atoms with van der Waals surface area (Å²) in [5, 5.41) is 4.82. The van der Waals surface area contributed by atoms with Gasteiger partial charge in [0.2, 0.25) is 0 Å². The Labute approximate surface area is 402 Å². The van der Waals surface area contributed by atoms with E-state index in [1.807, 2.05) is 0 Å². The summed E-state index contributed by atoms with van der Waals surface area (Å²) in [5.74, 6) is 0. The molecule has 0 spiro atoms. The van der Waals surface area contributed by atoms with E-state index in [9.17, 15) is 0 Å². The van der Waals surface area contributed by atoms with Crippen molar-refractivity contribution in [1.29, 1.82) is 0 Å². The minimum absolute atomic E-state index is 0.0665. The molecule has 12 rings (SSSR count). The molecule has 4 heterocycles. The van der Waals surface area contributed by atoms with E-state index in [2.05, 4.69) is 233 Å². The molecule has 3 nitrogen and oxygen atoms in total. The molecule has 0 N–H and O–H groups in total. The van der Waals surface area contributed by atoms with Gasteiger partial charge < -0.3 is 13.8 Å². The second-order valence-electron chi connectivity index (χ2n) is 23.2. The molecule has 10 aromatic rings. The van der Waals surface area contributed by atoms with Crippen LogP contribution < -0.4 is 15.8 Å². The summed E-state index contributed by atoms with van der Waals surface area (Å²) < 4.78 is 9.94. The van der Waals surface area contributed by atoms with Crippen molar-refractivity contribution < 1.29 is 4.42 Å². The second-order valence-corrected chi connectivity index (χ2v) is 23.2. The Morgan fingerprint density at radius 1 is 0.456 bits per heavy atom. The van der Waals surface area contributed by atoms with Gasteiger partial charge in [0.25, 0.3) is 0 Å². The first-order valence-electron chi connectivity index (χ1n) is 24.6. The predicted molar refractivity (Wildman–Crippen MR) is 293 cm³/mol. The fourth-order valence-corrected chi connectivity index (χ4v) is 11.9. The number of hydrogen-bond acceptors (Lipinski definition) is 2. The first-order chi connectivity index (χ1) is 32.3. The van der Waals surface area contributed by atoms with Crippen molar-refractivity contribution in [2.45, 2.75) is 106 Å². The molecule has 336 valence electrons. The van der Waals surface area contributed by atoms with Crippen LogP contribution in [-0.4, -0.2) is 11.3 Å². The zero-order chi connectivity index (χ0) is 47.5. The lowest BCUT2D eigenvalue weighted by Crippen LogP contribution is -2.56. The number of para-hydroxylation sites is 1. The SMILES string of the molecule is Cc1cccc(C)c1-c1ccc2c(c1)c1cc(-c3c(C)cccc3C)cc3c1n2B1c2ccc(C(C)(C)C)cc2N(c2cc(C(C)(C)C)cc(C(C)(C)C)c2)c2cc4c(oc5ccccc54)c-3c21. The van der Waals surface area contributed by atoms with Crippen LogP contribution in [0.2, 0.25) is 0 Å². The molecule has 0 aliphatic carbocycles. The molecule has 4 heteroatoms. The number of nitrogens with zero attached hydrogens (tertiary/aromatic N) is 2. The van der Waals surface area contributed by atoms with Gasteiger partial charge in [-0.3, -0.25) is 0 Å². The third-order valence-corrected chi connectivity index (χ3v) is 15.5. The predicted octanol–water partition coefficient (Wildman–Crippen LogP) is 16.6. The fraction of sp³-hybridized carbons (Fsp3) is 0.250. The number of hydrogen-bond donors (Lipinski definition) is 0. The summed E-state index contributed by atoms with van der Waals surface area (Å²) in [6.45, 7) is 30.0. The Hall–Kier alpha value is -6.78. The molecule has 0 fully saturated rings. The largest absolute Gasteiger partial charge is 0.455 e. The summed E-state index contributed by atoms with van der Waals surface area (Å²) in [5.41, 5.74) is 27.0. The smallest absolute Gasteiger partial charge is 0.333 e. The molecule has 2 aromatic heterocycles. The Balaban J connectivity index is 1.30. The van der Waals surface area contributed by atoms with Gasteiger partial charge in [-0.05, 0) is 171 Å². The van der Waals surface area contributed by atoms with Crippen LogP contribution in [0.3, 0.4) is 0 Å². The van der Waals surface area contributed by atoms with Crippen LogP contribution >= 0.6 is 0 Å². The Kier molecular flexibility index (Phi) is 9.00. The lowest BCUT2D eigenvalue weighted by Gasteiger charge is -2.42. The van der Waals surface area contributed by atoms with E-state index in [1.54, 1.807) is 0 Å². The molecular weight excluding hydrogens is 824 g/mol. The molecule has 8 aromatic carbocycles. The number of aryl methyl sites for hydroxylation is 4. The molecule has 2 aliphatic heterocycles. The topological polar surface area (TPSA) is 21.3 Å². The van der Waals surface area contributed by atoms with Crippen LogP contribution in [0, 0.1) is 27.7 Å². The highest BCUT2D eigenvalue weighted by Gasteiger charge is 2.45. The lowest BCUT2D eigenvalue weighted by molar-refractivity contribution is 0.569. The minimum Gasteiger partial charge on any atom is -0.455 e. The number of furan rings is 1. The van der Waals surface area contributed by atoms with Crippen molar-refractivity contribution in [1.82, 2.24) is 4.48 Å². The first kappa shape index (κ1) is 42.6. The summed E-state index contributed by atoms with van der Waals surface area (Å²) >= 11 is 0. The molecule has 0 amide bonds. The third-order valence-electron chi connectivity index (χ3n) is 15.5. The van der Waals surface area contributed by atoms with Crippen LogP contribution in [0.4, 0.5) is 17.1 Å². The van der Waals surface area contributed by atoms with Gasteiger partial charge in [-0.1, -0.05) is 141 Å². The molecule has 0 saturated heterocycles. The summed E-state index contributed by atoms with van der Waals surface area (Å²) in [4.78, 5) is 2.63. The maximum Gasteiger partial charge on any atom is 0.333 e. The summed E-state index contributed by atoms with van der Waals surface area (Å²) in [6.07, 6.45) is 0.